The van der Waals surface area contributed by atoms with Gasteiger partial charge >= 0.3 is 11.9 Å². The number of β-lactam (4-membered cyclic amide) rings is 1. The third-order valence-corrected chi connectivity index (χ3v) is 7.27. The number of nitrogens with zero attached hydrogens (tertiary/aromatic N) is 3. The maximum absolute atomic E-state index is 12.8. The van der Waals surface area contributed by atoms with Crippen LogP contribution in [0.5, 0.6) is 0 Å². The summed E-state index contributed by atoms with van der Waals surface area (Å²) < 4.78 is 0. The molecule has 0 aromatic carbocycles. The van der Waals surface area contributed by atoms with Gasteiger partial charge in [-0.15, -0.1) is 34.9 Å². The minimum atomic E-state index is -1.33. The fraction of sp³-hybridized carbons (Fsp3) is 0.375. The third kappa shape index (κ3) is 4.47. The van der Waals surface area contributed by atoms with E-state index < -0.39 is 41.3 Å². The first kappa shape index (κ1) is 22.9. The van der Waals surface area contributed by atoms with Crippen LogP contribution in [0.2, 0.25) is 0 Å². The normalized spacial score (nSPS) is 21.8. The lowest BCUT2D eigenvalue weighted by Crippen LogP contribution is -2.71. The van der Waals surface area contributed by atoms with Crippen LogP contribution in [0, 0.1) is 0 Å². The van der Waals surface area contributed by atoms with Gasteiger partial charge in [-0.1, -0.05) is 5.16 Å². The second-order valence-corrected chi connectivity index (χ2v) is 9.13. The van der Waals surface area contributed by atoms with Gasteiger partial charge in [-0.25, -0.2) is 14.6 Å². The molecule has 3 rings (SSSR count). The number of carboxylic acids is 2. The summed E-state index contributed by atoms with van der Waals surface area (Å²) in [5.41, 5.74) is 5.20. The number of nitrogens with two attached hydrogens (primary N) is 1. The molecule has 0 spiro atoms. The van der Waals surface area contributed by atoms with Crippen molar-refractivity contribution >= 4 is 69.5 Å². The van der Waals surface area contributed by atoms with Crippen molar-refractivity contribution in [3.05, 3.63) is 21.7 Å². The molecule has 166 valence electrons. The highest BCUT2D eigenvalue weighted by atomic mass is 32.2. The highest BCUT2D eigenvalue weighted by Crippen LogP contribution is 2.42. The molecule has 5 N–H and O–H groups in total. The van der Waals surface area contributed by atoms with Crippen LogP contribution in [-0.2, 0) is 24.0 Å². The number of nitrogen functional groups attached to an aromatic ring is 1. The molecule has 3 atom stereocenters. The van der Waals surface area contributed by atoms with Gasteiger partial charge in [0.25, 0.3) is 11.8 Å². The van der Waals surface area contributed by atoms with Crippen LogP contribution in [0.3, 0.4) is 0 Å². The molecule has 0 radical (unpaired) electrons. The van der Waals surface area contributed by atoms with Crippen molar-refractivity contribution in [3.63, 3.8) is 0 Å². The van der Waals surface area contributed by atoms with E-state index in [9.17, 15) is 24.3 Å². The number of amides is 2. The Kier molecular flexibility index (Phi) is 6.76. The van der Waals surface area contributed by atoms with Crippen molar-refractivity contribution in [2.75, 3.05) is 17.7 Å². The zero-order valence-electron chi connectivity index (χ0n) is 16.1. The van der Waals surface area contributed by atoms with Crippen LogP contribution in [0.25, 0.3) is 0 Å². The minimum absolute atomic E-state index is 0.0494. The number of oxime groups is 1. The Balaban J connectivity index is 1.81. The van der Waals surface area contributed by atoms with E-state index in [1.807, 2.05) is 0 Å². The van der Waals surface area contributed by atoms with Gasteiger partial charge in [0.05, 0.1) is 0 Å². The lowest BCUT2D eigenvalue weighted by molar-refractivity contribution is -0.150. The number of aromatic nitrogens is 1. The fourth-order valence-corrected chi connectivity index (χ4v) is 5.53. The monoisotopic (exact) mass is 487 g/mol. The molecule has 2 unspecified atom stereocenters. The largest absolute Gasteiger partial charge is 0.478 e. The average molecular weight is 488 g/mol. The van der Waals surface area contributed by atoms with Crippen molar-refractivity contribution in [1.82, 2.24) is 15.2 Å². The molecule has 31 heavy (non-hydrogen) atoms. The molecule has 3 heterocycles. The van der Waals surface area contributed by atoms with Crippen LogP contribution >= 0.6 is 34.9 Å². The van der Waals surface area contributed by atoms with Crippen LogP contribution < -0.4 is 11.1 Å². The molecule has 1 aromatic heterocycles. The molecule has 0 aliphatic carbocycles. The van der Waals surface area contributed by atoms with E-state index in [0.717, 1.165) is 16.2 Å². The first-order valence-corrected chi connectivity index (χ1v) is 11.7. The first-order chi connectivity index (χ1) is 14.6. The molecule has 15 heteroatoms. The highest BCUT2D eigenvalue weighted by Gasteiger charge is 2.54. The molecule has 2 amide bonds. The van der Waals surface area contributed by atoms with E-state index >= 15 is 0 Å². The maximum atomic E-state index is 12.8. The molecule has 1 saturated heterocycles. The first-order valence-electron chi connectivity index (χ1n) is 8.59. The Bertz CT molecular complexity index is 1010. The van der Waals surface area contributed by atoms with E-state index in [4.69, 9.17) is 15.7 Å². The summed E-state index contributed by atoms with van der Waals surface area (Å²) in [5.74, 6) is -3.54. The van der Waals surface area contributed by atoms with E-state index in [1.165, 1.54) is 35.8 Å². The lowest BCUT2D eigenvalue weighted by atomic mass is 10.0. The van der Waals surface area contributed by atoms with Gasteiger partial charge in [0.1, 0.15) is 22.8 Å². The number of rotatable bonds is 8. The number of nitrogens with one attached hydrogen (secondary N) is 1. The molecule has 0 saturated carbocycles. The van der Waals surface area contributed by atoms with Crippen LogP contribution in [0.4, 0.5) is 5.13 Å². The van der Waals surface area contributed by atoms with E-state index in [0.29, 0.717) is 10.7 Å². The van der Waals surface area contributed by atoms with Gasteiger partial charge in [-0.3, -0.25) is 14.5 Å². The third-order valence-electron chi connectivity index (χ3n) is 4.30. The summed E-state index contributed by atoms with van der Waals surface area (Å²) in [7, 11) is 0. The van der Waals surface area contributed by atoms with Gasteiger partial charge < -0.3 is 26.1 Å². The number of carboxylic acid groups (broad SMARTS) is 2. The van der Waals surface area contributed by atoms with Crippen molar-refractivity contribution in [3.8, 4) is 0 Å². The maximum Gasteiger partial charge on any atom is 0.353 e. The van der Waals surface area contributed by atoms with Crippen LogP contribution in [0.1, 0.15) is 12.6 Å². The molecule has 2 aliphatic heterocycles. The number of thioether (sulfide) groups is 2. The molecule has 1 fully saturated rings. The molecular weight excluding hydrogens is 470 g/mol. The number of anilines is 1. The Labute approximate surface area is 187 Å². The Morgan fingerprint density at radius 1 is 1.45 bits per heavy atom. The Morgan fingerprint density at radius 3 is 2.71 bits per heavy atom. The SMILES string of the molecule is CSC1=C(C(=O)O)N2C(=O)C(NC(=O)/C(=N/OC(C)C(=O)O)c3csc(N)n3)[C@H]2SC1. The number of hydrogen-bond donors (Lipinski definition) is 4. The van der Waals surface area contributed by atoms with Gasteiger partial charge in [-0.2, -0.15) is 0 Å². The quantitative estimate of drug-likeness (QED) is 0.219. The van der Waals surface area contributed by atoms with Crippen LogP contribution in [-0.4, -0.2) is 79.1 Å². The summed E-state index contributed by atoms with van der Waals surface area (Å²) in [4.78, 5) is 58.6. The van der Waals surface area contributed by atoms with Crippen molar-refractivity contribution < 1.29 is 34.2 Å². The molecular formula is C16H17N5O7S3. The topological polar surface area (TPSA) is 185 Å². The van der Waals surface area contributed by atoms with Gasteiger partial charge in [-0.05, 0) is 13.2 Å². The smallest absolute Gasteiger partial charge is 0.353 e. The average Bonchev–Trinajstić information content (AvgIpc) is 3.16. The van der Waals surface area contributed by atoms with Gasteiger partial charge in [0, 0.05) is 16.0 Å². The van der Waals surface area contributed by atoms with E-state index in [-0.39, 0.29) is 22.2 Å². The zero-order chi connectivity index (χ0) is 22.9. The fourth-order valence-electron chi connectivity index (χ4n) is 2.73. The predicted molar refractivity (Wildman–Crippen MR) is 114 cm³/mol. The van der Waals surface area contributed by atoms with Crippen LogP contribution in [0.15, 0.2) is 21.1 Å². The summed E-state index contributed by atoms with van der Waals surface area (Å²) in [5, 5.41) is 25.5. The second kappa shape index (κ2) is 9.15. The second-order valence-electron chi connectivity index (χ2n) is 6.24. The minimum Gasteiger partial charge on any atom is -0.478 e. The summed E-state index contributed by atoms with van der Waals surface area (Å²) in [6, 6.07) is -0.992. The number of hydrogen-bond acceptors (Lipinski definition) is 11. The molecule has 1 aromatic rings. The number of fused-ring (bicyclic) bond motifs is 1. The molecule has 2 aliphatic rings. The lowest BCUT2D eigenvalue weighted by Gasteiger charge is -2.49. The molecule has 0 bridgehead atoms. The molecule has 12 nitrogen and oxygen atoms in total. The van der Waals surface area contributed by atoms with Gasteiger partial charge in [0.15, 0.2) is 10.8 Å². The highest BCUT2D eigenvalue weighted by molar-refractivity contribution is 8.05. The number of thiazole rings is 1. The number of carbonyl (C=O) groups excluding carboxylic acids is 2. The summed E-state index contributed by atoms with van der Waals surface area (Å²) in [6.07, 6.45) is 0.394. The van der Waals surface area contributed by atoms with Gasteiger partial charge in [0.2, 0.25) is 6.10 Å². The zero-order valence-corrected chi connectivity index (χ0v) is 18.5. The van der Waals surface area contributed by atoms with E-state index in [1.54, 1.807) is 6.26 Å². The Morgan fingerprint density at radius 2 is 2.16 bits per heavy atom. The Hall–Kier alpha value is -2.78. The van der Waals surface area contributed by atoms with Crippen molar-refractivity contribution in [2.24, 2.45) is 5.16 Å². The predicted octanol–water partition coefficient (Wildman–Crippen LogP) is -0.0218. The summed E-state index contributed by atoms with van der Waals surface area (Å²) in [6.45, 7) is 1.23. The standard InChI is InChI=1S/C16H17N5O7S3/c1-5(14(24)25)28-20-8(6-3-31-16(17)18-6)11(22)19-9-12(23)21-10(15(26)27)7(29-2)4-30-13(9)21/h3,5,9,13H,4H2,1-2H3,(H2,17,18)(H,19,22)(H,24,25)(H,26,27)/b20-8+/t5?,9?,13-/m1/s1. The number of aliphatic carboxylic acids is 2. The number of carbonyl (C=O) groups is 4. The van der Waals surface area contributed by atoms with Crippen molar-refractivity contribution in [1.29, 1.82) is 0 Å². The van der Waals surface area contributed by atoms with E-state index in [2.05, 4.69) is 15.5 Å². The summed E-state index contributed by atoms with van der Waals surface area (Å²) >= 11 is 3.60. The van der Waals surface area contributed by atoms with Crippen molar-refractivity contribution in [2.45, 2.75) is 24.4 Å².